The number of nitrogens with zero attached hydrogens (tertiary/aromatic N) is 2. The minimum Gasteiger partial charge on any atom is -0.353 e. The van der Waals surface area contributed by atoms with E-state index in [2.05, 4.69) is 16.8 Å². The molecule has 0 spiro atoms. The van der Waals surface area contributed by atoms with Crippen LogP contribution in [0.2, 0.25) is 0 Å². The van der Waals surface area contributed by atoms with E-state index in [0.29, 0.717) is 11.6 Å². The first-order chi connectivity index (χ1) is 7.86. The number of piperidine rings is 1. The summed E-state index contributed by atoms with van der Waals surface area (Å²) in [5, 5.41) is 0. The number of rotatable bonds is 3. The van der Waals surface area contributed by atoms with Gasteiger partial charge in [-0.25, -0.2) is 4.98 Å². The second kappa shape index (κ2) is 5.10. The average Bonchev–Trinajstić information content (AvgIpc) is 2.38. The molecule has 0 N–H and O–H groups in total. The molecule has 0 bridgehead atoms. The van der Waals surface area contributed by atoms with Crippen LogP contribution in [0.15, 0.2) is 18.3 Å². The molecular formula is C13H18N2O. The summed E-state index contributed by atoms with van der Waals surface area (Å²) < 4.78 is 0. The first-order valence-electron chi connectivity index (χ1n) is 6.03. The van der Waals surface area contributed by atoms with Crippen molar-refractivity contribution in [2.24, 2.45) is 0 Å². The van der Waals surface area contributed by atoms with E-state index in [0.717, 1.165) is 25.1 Å². The van der Waals surface area contributed by atoms with Crippen molar-refractivity contribution in [2.75, 3.05) is 11.4 Å². The van der Waals surface area contributed by atoms with Gasteiger partial charge < -0.3 is 4.90 Å². The lowest BCUT2D eigenvalue weighted by atomic mass is 9.99. The zero-order chi connectivity index (χ0) is 11.4. The van der Waals surface area contributed by atoms with Gasteiger partial charge in [0.1, 0.15) is 5.82 Å². The molecule has 86 valence electrons. The monoisotopic (exact) mass is 218 g/mol. The highest BCUT2D eigenvalue weighted by Crippen LogP contribution is 2.26. The Kier molecular flexibility index (Phi) is 3.54. The first-order valence-corrected chi connectivity index (χ1v) is 6.03. The Bertz CT molecular complexity index is 365. The summed E-state index contributed by atoms with van der Waals surface area (Å²) in [6.45, 7) is 3.23. The molecule has 2 heterocycles. The third-order valence-electron chi connectivity index (χ3n) is 3.31. The van der Waals surface area contributed by atoms with Gasteiger partial charge in [-0.15, -0.1) is 0 Å². The SMILES string of the molecule is CCC1CCCCN1c1ncccc1C=O. The summed E-state index contributed by atoms with van der Waals surface area (Å²) in [4.78, 5) is 17.7. The molecule has 2 rings (SSSR count). The molecule has 1 aromatic rings. The van der Waals surface area contributed by atoms with E-state index in [1.54, 1.807) is 6.20 Å². The molecule has 0 saturated carbocycles. The molecular weight excluding hydrogens is 200 g/mol. The number of hydrogen-bond acceptors (Lipinski definition) is 3. The number of carbonyl (C=O) groups excluding carboxylic acids is 1. The van der Waals surface area contributed by atoms with Gasteiger partial charge in [-0.05, 0) is 37.8 Å². The topological polar surface area (TPSA) is 33.2 Å². The number of hydrogen-bond donors (Lipinski definition) is 0. The van der Waals surface area contributed by atoms with Crippen molar-refractivity contribution < 1.29 is 4.79 Å². The molecule has 1 unspecified atom stereocenters. The van der Waals surface area contributed by atoms with E-state index in [1.165, 1.54) is 19.3 Å². The highest BCUT2D eigenvalue weighted by molar-refractivity contribution is 5.82. The minimum absolute atomic E-state index is 0.544. The van der Waals surface area contributed by atoms with Crippen LogP contribution in [0.25, 0.3) is 0 Å². The molecule has 3 nitrogen and oxygen atoms in total. The number of carbonyl (C=O) groups is 1. The Morgan fingerprint density at radius 3 is 3.19 bits per heavy atom. The van der Waals surface area contributed by atoms with Crippen LogP contribution in [-0.4, -0.2) is 23.9 Å². The largest absolute Gasteiger partial charge is 0.353 e. The number of aldehydes is 1. The summed E-state index contributed by atoms with van der Waals surface area (Å²) in [7, 11) is 0. The van der Waals surface area contributed by atoms with Crippen LogP contribution in [-0.2, 0) is 0 Å². The van der Waals surface area contributed by atoms with Crippen molar-refractivity contribution in [2.45, 2.75) is 38.6 Å². The summed E-state index contributed by atoms with van der Waals surface area (Å²) in [6.07, 6.45) is 7.50. The van der Waals surface area contributed by atoms with Gasteiger partial charge in [-0.2, -0.15) is 0 Å². The van der Waals surface area contributed by atoms with Crippen LogP contribution in [0.3, 0.4) is 0 Å². The summed E-state index contributed by atoms with van der Waals surface area (Å²) in [5.41, 5.74) is 0.711. The first kappa shape index (κ1) is 11.1. The quantitative estimate of drug-likeness (QED) is 0.731. The summed E-state index contributed by atoms with van der Waals surface area (Å²) in [5.74, 6) is 0.865. The van der Waals surface area contributed by atoms with E-state index >= 15 is 0 Å². The lowest BCUT2D eigenvalue weighted by Crippen LogP contribution is -2.40. The number of pyridine rings is 1. The molecule has 1 atom stereocenters. The van der Waals surface area contributed by atoms with Gasteiger partial charge in [0, 0.05) is 18.8 Å². The normalized spacial score (nSPS) is 20.8. The van der Waals surface area contributed by atoms with Crippen molar-refractivity contribution in [3.63, 3.8) is 0 Å². The predicted octanol–water partition coefficient (Wildman–Crippen LogP) is 2.66. The zero-order valence-corrected chi connectivity index (χ0v) is 9.72. The van der Waals surface area contributed by atoms with Crippen molar-refractivity contribution in [3.8, 4) is 0 Å². The molecule has 1 saturated heterocycles. The summed E-state index contributed by atoms with van der Waals surface area (Å²) in [6, 6.07) is 4.21. The third-order valence-corrected chi connectivity index (χ3v) is 3.31. The van der Waals surface area contributed by atoms with Crippen LogP contribution in [0.4, 0.5) is 5.82 Å². The Morgan fingerprint density at radius 2 is 2.44 bits per heavy atom. The van der Waals surface area contributed by atoms with Crippen molar-refractivity contribution in [1.82, 2.24) is 4.98 Å². The second-order valence-corrected chi connectivity index (χ2v) is 4.29. The molecule has 0 radical (unpaired) electrons. The fourth-order valence-electron chi connectivity index (χ4n) is 2.45. The molecule has 16 heavy (non-hydrogen) atoms. The van der Waals surface area contributed by atoms with Crippen LogP contribution in [0.1, 0.15) is 43.0 Å². The Hall–Kier alpha value is -1.38. The molecule has 0 amide bonds. The van der Waals surface area contributed by atoms with E-state index in [4.69, 9.17) is 0 Å². The van der Waals surface area contributed by atoms with E-state index in [9.17, 15) is 4.79 Å². The Balaban J connectivity index is 2.30. The second-order valence-electron chi connectivity index (χ2n) is 4.29. The zero-order valence-electron chi connectivity index (χ0n) is 9.72. The smallest absolute Gasteiger partial charge is 0.153 e. The van der Waals surface area contributed by atoms with E-state index < -0.39 is 0 Å². The van der Waals surface area contributed by atoms with Gasteiger partial charge in [-0.1, -0.05) is 6.92 Å². The molecule has 3 heteroatoms. The average molecular weight is 218 g/mol. The van der Waals surface area contributed by atoms with E-state index in [1.807, 2.05) is 12.1 Å². The molecule has 1 aliphatic heterocycles. The lowest BCUT2D eigenvalue weighted by Gasteiger charge is -2.36. The van der Waals surface area contributed by atoms with Crippen LogP contribution < -0.4 is 4.90 Å². The predicted molar refractivity (Wildman–Crippen MR) is 64.9 cm³/mol. The third kappa shape index (κ3) is 2.08. The number of anilines is 1. The fraction of sp³-hybridized carbons (Fsp3) is 0.538. The highest BCUT2D eigenvalue weighted by atomic mass is 16.1. The Labute approximate surface area is 96.5 Å². The van der Waals surface area contributed by atoms with Gasteiger partial charge in [-0.3, -0.25) is 4.79 Å². The lowest BCUT2D eigenvalue weighted by molar-refractivity contribution is 0.112. The van der Waals surface area contributed by atoms with Gasteiger partial charge >= 0.3 is 0 Å². The summed E-state index contributed by atoms with van der Waals surface area (Å²) >= 11 is 0. The molecule has 0 aromatic carbocycles. The standard InChI is InChI=1S/C13H18N2O/c1-2-12-7-3-4-9-15(12)13-11(10-16)6-5-8-14-13/h5-6,8,10,12H,2-4,7,9H2,1H3. The molecule has 1 fully saturated rings. The molecule has 1 aromatic heterocycles. The Morgan fingerprint density at radius 1 is 1.56 bits per heavy atom. The van der Waals surface area contributed by atoms with Crippen LogP contribution in [0, 0.1) is 0 Å². The molecule has 0 aliphatic carbocycles. The van der Waals surface area contributed by atoms with Gasteiger partial charge in [0.2, 0.25) is 0 Å². The van der Waals surface area contributed by atoms with Crippen molar-refractivity contribution >= 4 is 12.1 Å². The van der Waals surface area contributed by atoms with E-state index in [-0.39, 0.29) is 0 Å². The van der Waals surface area contributed by atoms with Gasteiger partial charge in [0.15, 0.2) is 6.29 Å². The maximum atomic E-state index is 11.0. The van der Waals surface area contributed by atoms with Crippen LogP contribution in [0.5, 0.6) is 0 Å². The maximum absolute atomic E-state index is 11.0. The highest BCUT2D eigenvalue weighted by Gasteiger charge is 2.23. The van der Waals surface area contributed by atoms with Gasteiger partial charge in [0.25, 0.3) is 0 Å². The molecule has 1 aliphatic rings. The maximum Gasteiger partial charge on any atom is 0.153 e. The van der Waals surface area contributed by atoms with Crippen LogP contribution >= 0.6 is 0 Å². The van der Waals surface area contributed by atoms with Crippen molar-refractivity contribution in [3.05, 3.63) is 23.9 Å². The minimum atomic E-state index is 0.544. The van der Waals surface area contributed by atoms with Gasteiger partial charge in [0.05, 0.1) is 5.56 Å². The fourth-order valence-corrected chi connectivity index (χ4v) is 2.45. The number of aromatic nitrogens is 1. The van der Waals surface area contributed by atoms with Crippen molar-refractivity contribution in [1.29, 1.82) is 0 Å².